The summed E-state index contributed by atoms with van der Waals surface area (Å²) in [5.74, 6) is 0.0530. The van der Waals surface area contributed by atoms with Crippen LogP contribution in [0.5, 0.6) is 0 Å². The topological polar surface area (TPSA) is 113 Å². The van der Waals surface area contributed by atoms with Crippen molar-refractivity contribution in [2.24, 2.45) is 4.99 Å². The normalized spacial score (nSPS) is 26.3. The average molecular weight is 283 g/mol. The molecule has 2 N–H and O–H groups in total. The van der Waals surface area contributed by atoms with E-state index in [1.165, 1.54) is 17.2 Å². The third kappa shape index (κ3) is 3.18. The van der Waals surface area contributed by atoms with E-state index in [4.69, 9.17) is 9.84 Å². The van der Waals surface area contributed by atoms with Gasteiger partial charge in [-0.2, -0.15) is 4.98 Å². The van der Waals surface area contributed by atoms with Crippen LogP contribution in [0.4, 0.5) is 5.95 Å². The summed E-state index contributed by atoms with van der Waals surface area (Å²) in [5.41, 5.74) is -0.568. The van der Waals surface area contributed by atoms with Crippen molar-refractivity contribution in [3.05, 3.63) is 16.8 Å². The molecule has 1 aromatic heterocycles. The Morgan fingerprint density at radius 3 is 2.95 bits per heavy atom. The standard InChI is InChI=1S/C11H17N5O4/c1-15(2)5-12-10-13-6-16(11(19)14-10)9-3-7(18)8(4-17)20-9/h5-9,17-18H,3-4H2,1-2H3/b12-5-/t7-,8?,9-/m1/s1. The van der Waals surface area contributed by atoms with Crippen LogP contribution in [0, 0.1) is 0 Å². The molecule has 2 heterocycles. The number of aliphatic hydroxyl groups excluding tert-OH is 2. The highest BCUT2D eigenvalue weighted by Gasteiger charge is 2.35. The van der Waals surface area contributed by atoms with Crippen molar-refractivity contribution in [3.63, 3.8) is 0 Å². The lowest BCUT2D eigenvalue weighted by Crippen LogP contribution is -2.28. The molecule has 9 heteroatoms. The fourth-order valence-corrected chi connectivity index (χ4v) is 1.81. The van der Waals surface area contributed by atoms with Crippen LogP contribution in [0.3, 0.4) is 0 Å². The Morgan fingerprint density at radius 2 is 2.40 bits per heavy atom. The zero-order valence-electron chi connectivity index (χ0n) is 11.2. The van der Waals surface area contributed by atoms with Gasteiger partial charge in [-0.15, -0.1) is 0 Å². The predicted octanol–water partition coefficient (Wildman–Crippen LogP) is -1.50. The van der Waals surface area contributed by atoms with E-state index in [1.807, 2.05) is 0 Å². The van der Waals surface area contributed by atoms with E-state index in [1.54, 1.807) is 19.0 Å². The first-order valence-electron chi connectivity index (χ1n) is 6.11. The third-order valence-electron chi connectivity index (χ3n) is 2.81. The molecule has 1 aromatic rings. The molecule has 0 saturated carbocycles. The minimum Gasteiger partial charge on any atom is -0.394 e. The molecule has 1 aliphatic rings. The fourth-order valence-electron chi connectivity index (χ4n) is 1.81. The van der Waals surface area contributed by atoms with Gasteiger partial charge in [0.2, 0.25) is 0 Å². The molecule has 0 amide bonds. The van der Waals surface area contributed by atoms with Crippen LogP contribution >= 0.6 is 0 Å². The minimum absolute atomic E-state index is 0.0530. The fraction of sp³-hybridized carbons (Fsp3) is 0.636. The van der Waals surface area contributed by atoms with Gasteiger partial charge in [-0.1, -0.05) is 0 Å². The molecular weight excluding hydrogens is 266 g/mol. The van der Waals surface area contributed by atoms with Crippen molar-refractivity contribution in [1.29, 1.82) is 0 Å². The van der Waals surface area contributed by atoms with Crippen LogP contribution in [0.1, 0.15) is 12.6 Å². The van der Waals surface area contributed by atoms with Crippen LogP contribution in [0.25, 0.3) is 0 Å². The van der Waals surface area contributed by atoms with E-state index < -0.39 is 24.1 Å². The Hall–Kier alpha value is -1.84. The van der Waals surface area contributed by atoms with Gasteiger partial charge in [0.1, 0.15) is 18.7 Å². The molecule has 0 bridgehead atoms. The summed E-state index contributed by atoms with van der Waals surface area (Å²) in [6, 6.07) is 0. The summed E-state index contributed by atoms with van der Waals surface area (Å²) < 4.78 is 6.54. The molecule has 1 unspecified atom stereocenters. The molecule has 0 aliphatic carbocycles. The van der Waals surface area contributed by atoms with E-state index in [0.717, 1.165) is 0 Å². The first-order valence-corrected chi connectivity index (χ1v) is 6.11. The van der Waals surface area contributed by atoms with E-state index in [-0.39, 0.29) is 19.0 Å². The molecule has 0 radical (unpaired) electrons. The molecule has 3 atom stereocenters. The molecule has 110 valence electrons. The molecule has 1 saturated heterocycles. The van der Waals surface area contributed by atoms with Gasteiger partial charge in [-0.25, -0.2) is 14.8 Å². The van der Waals surface area contributed by atoms with Gasteiger partial charge < -0.3 is 19.8 Å². The summed E-state index contributed by atoms with van der Waals surface area (Å²) in [7, 11) is 3.57. The number of aromatic nitrogens is 3. The van der Waals surface area contributed by atoms with Crippen LogP contribution < -0.4 is 5.69 Å². The summed E-state index contributed by atoms with van der Waals surface area (Å²) in [6.45, 7) is -0.307. The van der Waals surface area contributed by atoms with E-state index in [9.17, 15) is 9.90 Å². The van der Waals surface area contributed by atoms with Crippen LogP contribution in [-0.4, -0.2) is 68.9 Å². The van der Waals surface area contributed by atoms with Crippen molar-refractivity contribution < 1.29 is 14.9 Å². The summed E-state index contributed by atoms with van der Waals surface area (Å²) in [6.07, 6.45) is 0.767. The molecule has 0 aromatic carbocycles. The SMILES string of the molecule is CN(C)/C=N\c1ncn([C@H]2C[C@@H](O)C(CO)O2)c(=O)n1. The average Bonchev–Trinajstić information content (AvgIpc) is 2.77. The van der Waals surface area contributed by atoms with Crippen LogP contribution in [0.15, 0.2) is 16.1 Å². The zero-order valence-corrected chi connectivity index (χ0v) is 11.2. The highest BCUT2D eigenvalue weighted by Crippen LogP contribution is 2.27. The van der Waals surface area contributed by atoms with Gasteiger partial charge >= 0.3 is 5.69 Å². The van der Waals surface area contributed by atoms with Gasteiger partial charge in [-0.05, 0) is 0 Å². The largest absolute Gasteiger partial charge is 0.394 e. The molecular formula is C11H17N5O4. The lowest BCUT2D eigenvalue weighted by molar-refractivity contribution is -0.0462. The number of ether oxygens (including phenoxy) is 1. The van der Waals surface area contributed by atoms with E-state index in [0.29, 0.717) is 0 Å². The van der Waals surface area contributed by atoms with Crippen LogP contribution in [0.2, 0.25) is 0 Å². The maximum absolute atomic E-state index is 11.9. The molecule has 1 fully saturated rings. The van der Waals surface area contributed by atoms with Crippen molar-refractivity contribution in [1.82, 2.24) is 19.4 Å². The minimum atomic E-state index is -0.816. The van der Waals surface area contributed by atoms with E-state index in [2.05, 4.69) is 15.0 Å². The second kappa shape index (κ2) is 6.07. The number of aliphatic hydroxyl groups is 2. The Bertz CT molecular complexity index is 544. The Morgan fingerprint density at radius 1 is 1.65 bits per heavy atom. The number of nitrogens with zero attached hydrogens (tertiary/aromatic N) is 5. The molecule has 9 nitrogen and oxygen atoms in total. The lowest BCUT2D eigenvalue weighted by atomic mass is 10.2. The Labute approximate surface area is 115 Å². The van der Waals surface area contributed by atoms with Gasteiger partial charge in [0.05, 0.1) is 19.0 Å². The maximum Gasteiger partial charge on any atom is 0.354 e. The third-order valence-corrected chi connectivity index (χ3v) is 2.81. The number of hydrogen-bond donors (Lipinski definition) is 2. The summed E-state index contributed by atoms with van der Waals surface area (Å²) in [5, 5.41) is 18.7. The van der Waals surface area contributed by atoms with Crippen molar-refractivity contribution in [2.45, 2.75) is 24.9 Å². The maximum atomic E-state index is 11.9. The monoisotopic (exact) mass is 283 g/mol. The van der Waals surface area contributed by atoms with Gasteiger partial charge in [0, 0.05) is 20.5 Å². The molecule has 0 spiro atoms. The van der Waals surface area contributed by atoms with Gasteiger partial charge in [-0.3, -0.25) is 4.57 Å². The van der Waals surface area contributed by atoms with Crippen LogP contribution in [-0.2, 0) is 4.74 Å². The van der Waals surface area contributed by atoms with Gasteiger partial charge in [0.25, 0.3) is 5.95 Å². The van der Waals surface area contributed by atoms with Gasteiger partial charge in [0.15, 0.2) is 0 Å². The Balaban J connectivity index is 2.17. The van der Waals surface area contributed by atoms with E-state index >= 15 is 0 Å². The zero-order chi connectivity index (χ0) is 14.7. The molecule has 1 aliphatic heterocycles. The predicted molar refractivity (Wildman–Crippen MR) is 69.8 cm³/mol. The summed E-state index contributed by atoms with van der Waals surface area (Å²) in [4.78, 5) is 25.1. The summed E-state index contributed by atoms with van der Waals surface area (Å²) >= 11 is 0. The quantitative estimate of drug-likeness (QED) is 0.510. The second-order valence-electron chi connectivity index (χ2n) is 4.67. The number of hydrogen-bond acceptors (Lipinski definition) is 7. The lowest BCUT2D eigenvalue weighted by Gasteiger charge is -2.13. The number of aliphatic imine (C=N–C) groups is 1. The molecule has 2 rings (SSSR count). The highest BCUT2D eigenvalue weighted by atomic mass is 16.5. The van der Waals surface area contributed by atoms with Crippen molar-refractivity contribution >= 4 is 12.3 Å². The smallest absolute Gasteiger partial charge is 0.354 e. The number of rotatable bonds is 4. The second-order valence-corrected chi connectivity index (χ2v) is 4.67. The van der Waals surface area contributed by atoms with Crippen molar-refractivity contribution in [3.8, 4) is 0 Å². The van der Waals surface area contributed by atoms with Crippen molar-refractivity contribution in [2.75, 3.05) is 20.7 Å². The Kier molecular flexibility index (Phi) is 4.42. The molecule has 20 heavy (non-hydrogen) atoms. The highest BCUT2D eigenvalue weighted by molar-refractivity contribution is 5.57. The first-order chi connectivity index (χ1) is 9.51. The first kappa shape index (κ1) is 14.6.